The highest BCUT2D eigenvalue weighted by atomic mass is 16.5. The molecule has 5 nitrogen and oxygen atoms in total. The van der Waals surface area contributed by atoms with Crippen LogP contribution in [0.1, 0.15) is 19.5 Å². The molecule has 0 bridgehead atoms. The summed E-state index contributed by atoms with van der Waals surface area (Å²) in [7, 11) is 1.63. The maximum Gasteiger partial charge on any atom is 0.221 e. The first-order chi connectivity index (χ1) is 9.15. The number of aromatic amines is 1. The molecule has 19 heavy (non-hydrogen) atoms. The van der Waals surface area contributed by atoms with Gasteiger partial charge in [-0.25, -0.2) is 0 Å². The van der Waals surface area contributed by atoms with Gasteiger partial charge in [0.1, 0.15) is 11.4 Å². The average molecular weight is 259 g/mol. The molecule has 1 amide bonds. The number of carbonyl (C=O) groups excluding carboxylic acids is 1. The summed E-state index contributed by atoms with van der Waals surface area (Å²) in [6, 6.07) is 7.57. The van der Waals surface area contributed by atoms with Gasteiger partial charge in [0.25, 0.3) is 0 Å². The van der Waals surface area contributed by atoms with E-state index < -0.39 is 0 Å². The molecule has 0 aliphatic heterocycles. The minimum absolute atomic E-state index is 0.106. The molecular formula is C14H17N3O2. The summed E-state index contributed by atoms with van der Waals surface area (Å²) in [6.07, 6.45) is 0.777. The Morgan fingerprint density at radius 1 is 1.37 bits per heavy atom. The Morgan fingerprint density at radius 2 is 2.05 bits per heavy atom. The lowest BCUT2D eigenvalue weighted by atomic mass is 10.1. The summed E-state index contributed by atoms with van der Waals surface area (Å²) < 4.78 is 5.13. The lowest BCUT2D eigenvalue weighted by Crippen LogP contribution is -2.07. The van der Waals surface area contributed by atoms with E-state index in [1.54, 1.807) is 7.11 Å². The summed E-state index contributed by atoms with van der Waals surface area (Å²) in [5.41, 5.74) is 3.34. The highest BCUT2D eigenvalue weighted by molar-refractivity contribution is 5.94. The molecule has 0 fully saturated rings. The number of nitrogens with zero attached hydrogens (tertiary/aromatic N) is 1. The van der Waals surface area contributed by atoms with E-state index in [0.717, 1.165) is 34.8 Å². The molecule has 1 aromatic heterocycles. The highest BCUT2D eigenvalue weighted by Crippen LogP contribution is 2.30. The van der Waals surface area contributed by atoms with Gasteiger partial charge >= 0.3 is 0 Å². The van der Waals surface area contributed by atoms with Gasteiger partial charge in [0, 0.05) is 12.5 Å². The number of methoxy groups -OCH3 is 1. The molecule has 1 aromatic carbocycles. The zero-order valence-corrected chi connectivity index (χ0v) is 11.3. The number of aryl methyl sites for hydroxylation is 1. The van der Waals surface area contributed by atoms with Gasteiger partial charge in [0.2, 0.25) is 5.91 Å². The number of hydrogen-bond donors (Lipinski definition) is 2. The molecule has 0 aliphatic carbocycles. The second-order valence-electron chi connectivity index (χ2n) is 4.19. The Labute approximate surface area is 112 Å². The predicted octanol–water partition coefficient (Wildman–Crippen LogP) is 2.61. The number of nitrogens with one attached hydrogen (secondary N) is 2. The third kappa shape index (κ3) is 2.76. The topological polar surface area (TPSA) is 67.0 Å². The van der Waals surface area contributed by atoms with Crippen molar-refractivity contribution in [1.82, 2.24) is 10.2 Å². The molecular weight excluding hydrogens is 242 g/mol. The van der Waals surface area contributed by atoms with E-state index >= 15 is 0 Å². The number of anilines is 1. The van der Waals surface area contributed by atoms with Gasteiger partial charge < -0.3 is 10.1 Å². The minimum Gasteiger partial charge on any atom is -0.497 e. The van der Waals surface area contributed by atoms with Gasteiger partial charge in [0.05, 0.1) is 18.5 Å². The van der Waals surface area contributed by atoms with Crippen LogP contribution in [-0.2, 0) is 11.2 Å². The number of hydrogen-bond acceptors (Lipinski definition) is 3. The average Bonchev–Trinajstić information content (AvgIpc) is 2.81. The first-order valence-electron chi connectivity index (χ1n) is 6.15. The Hall–Kier alpha value is -2.30. The second-order valence-corrected chi connectivity index (χ2v) is 4.19. The standard InChI is InChI=1S/C14H17N3O2/c1-4-12-14(15-9(2)18)13(17-16-12)10-5-7-11(19-3)8-6-10/h5-8H,4H2,1-3H3,(H,15,18)(H,16,17). The fourth-order valence-electron chi connectivity index (χ4n) is 1.90. The Morgan fingerprint density at radius 3 is 2.58 bits per heavy atom. The number of aromatic nitrogens is 2. The summed E-state index contributed by atoms with van der Waals surface area (Å²) >= 11 is 0. The maximum absolute atomic E-state index is 11.3. The van der Waals surface area contributed by atoms with E-state index in [1.807, 2.05) is 31.2 Å². The van der Waals surface area contributed by atoms with Gasteiger partial charge in [-0.2, -0.15) is 5.10 Å². The highest BCUT2D eigenvalue weighted by Gasteiger charge is 2.14. The number of ether oxygens (including phenoxy) is 1. The van der Waals surface area contributed by atoms with Crippen LogP contribution in [0.3, 0.4) is 0 Å². The van der Waals surface area contributed by atoms with Crippen molar-refractivity contribution >= 4 is 11.6 Å². The van der Waals surface area contributed by atoms with Crippen molar-refractivity contribution in [3.63, 3.8) is 0 Å². The normalized spacial score (nSPS) is 10.3. The van der Waals surface area contributed by atoms with Crippen LogP contribution in [0.4, 0.5) is 5.69 Å². The predicted molar refractivity (Wildman–Crippen MR) is 74.3 cm³/mol. The fourth-order valence-corrected chi connectivity index (χ4v) is 1.90. The number of amides is 1. The van der Waals surface area contributed by atoms with Crippen LogP contribution in [0.2, 0.25) is 0 Å². The van der Waals surface area contributed by atoms with Crippen LogP contribution >= 0.6 is 0 Å². The van der Waals surface area contributed by atoms with Crippen LogP contribution in [0.5, 0.6) is 5.75 Å². The van der Waals surface area contributed by atoms with E-state index in [9.17, 15) is 4.79 Å². The fraction of sp³-hybridized carbons (Fsp3) is 0.286. The number of H-pyrrole nitrogens is 1. The molecule has 2 rings (SSSR count). The molecule has 0 unspecified atom stereocenters. The van der Waals surface area contributed by atoms with Crippen molar-refractivity contribution in [3.8, 4) is 17.0 Å². The van der Waals surface area contributed by atoms with Crippen molar-refractivity contribution in [2.45, 2.75) is 20.3 Å². The molecule has 100 valence electrons. The van der Waals surface area contributed by atoms with E-state index in [4.69, 9.17) is 4.74 Å². The van der Waals surface area contributed by atoms with Crippen LogP contribution < -0.4 is 10.1 Å². The number of carbonyl (C=O) groups is 1. The molecule has 2 aromatic rings. The second kappa shape index (κ2) is 5.56. The van der Waals surface area contributed by atoms with E-state index in [2.05, 4.69) is 15.5 Å². The van der Waals surface area contributed by atoms with Crippen LogP contribution in [-0.4, -0.2) is 23.2 Å². The van der Waals surface area contributed by atoms with Gasteiger partial charge in [-0.1, -0.05) is 6.92 Å². The van der Waals surface area contributed by atoms with Crippen LogP contribution in [0, 0.1) is 0 Å². The number of benzene rings is 1. The molecule has 2 N–H and O–H groups in total. The Kier molecular flexibility index (Phi) is 3.85. The zero-order valence-electron chi connectivity index (χ0n) is 11.3. The molecule has 0 saturated heterocycles. The Balaban J connectivity index is 2.42. The van der Waals surface area contributed by atoms with Gasteiger partial charge in [0.15, 0.2) is 0 Å². The first kappa shape index (κ1) is 13.1. The van der Waals surface area contributed by atoms with Gasteiger partial charge in [-0.05, 0) is 30.7 Å². The minimum atomic E-state index is -0.106. The zero-order chi connectivity index (χ0) is 13.8. The number of rotatable bonds is 4. The third-order valence-corrected chi connectivity index (χ3v) is 2.86. The summed E-state index contributed by atoms with van der Waals surface area (Å²) in [4.78, 5) is 11.3. The summed E-state index contributed by atoms with van der Waals surface area (Å²) in [5, 5.41) is 10.1. The summed E-state index contributed by atoms with van der Waals surface area (Å²) in [6.45, 7) is 3.50. The van der Waals surface area contributed by atoms with E-state index in [0.29, 0.717) is 0 Å². The largest absolute Gasteiger partial charge is 0.497 e. The molecule has 1 heterocycles. The lowest BCUT2D eigenvalue weighted by Gasteiger charge is -2.06. The third-order valence-electron chi connectivity index (χ3n) is 2.86. The van der Waals surface area contributed by atoms with Crippen molar-refractivity contribution < 1.29 is 9.53 Å². The molecule has 0 saturated carbocycles. The monoisotopic (exact) mass is 259 g/mol. The summed E-state index contributed by atoms with van der Waals surface area (Å²) in [5.74, 6) is 0.682. The Bertz CT molecular complexity index is 573. The molecule has 0 spiro atoms. The molecule has 0 atom stereocenters. The van der Waals surface area contributed by atoms with Crippen molar-refractivity contribution in [3.05, 3.63) is 30.0 Å². The molecule has 5 heteroatoms. The van der Waals surface area contributed by atoms with Crippen molar-refractivity contribution in [2.75, 3.05) is 12.4 Å². The van der Waals surface area contributed by atoms with E-state index in [-0.39, 0.29) is 5.91 Å². The van der Waals surface area contributed by atoms with Crippen LogP contribution in [0.25, 0.3) is 11.3 Å². The first-order valence-corrected chi connectivity index (χ1v) is 6.15. The lowest BCUT2D eigenvalue weighted by molar-refractivity contribution is -0.114. The smallest absolute Gasteiger partial charge is 0.221 e. The van der Waals surface area contributed by atoms with Crippen molar-refractivity contribution in [2.24, 2.45) is 0 Å². The SMILES string of the molecule is CCc1[nH]nc(-c2ccc(OC)cc2)c1NC(C)=O. The van der Waals surface area contributed by atoms with E-state index in [1.165, 1.54) is 6.92 Å². The van der Waals surface area contributed by atoms with Gasteiger partial charge in [-0.15, -0.1) is 0 Å². The van der Waals surface area contributed by atoms with Crippen molar-refractivity contribution in [1.29, 1.82) is 0 Å². The van der Waals surface area contributed by atoms with Gasteiger partial charge in [-0.3, -0.25) is 9.89 Å². The quantitative estimate of drug-likeness (QED) is 0.886. The molecule has 0 aliphatic rings. The maximum atomic E-state index is 11.3. The molecule has 0 radical (unpaired) electrons. The van der Waals surface area contributed by atoms with Crippen LogP contribution in [0.15, 0.2) is 24.3 Å².